The molecule has 0 radical (unpaired) electrons. The molecule has 0 N–H and O–H groups in total. The number of hydrogen-bond donors (Lipinski definition) is 0. The number of aryl methyl sites for hydroxylation is 1. The van der Waals surface area contributed by atoms with Crippen molar-refractivity contribution in [1.82, 2.24) is 9.78 Å². The van der Waals surface area contributed by atoms with Crippen molar-refractivity contribution in [1.29, 1.82) is 0 Å². The lowest BCUT2D eigenvalue weighted by Gasteiger charge is -2.28. The Balaban J connectivity index is 1.43. The predicted molar refractivity (Wildman–Crippen MR) is 107 cm³/mol. The molecule has 0 saturated heterocycles. The molecule has 0 unspecified atom stereocenters. The lowest BCUT2D eigenvalue weighted by molar-refractivity contribution is 0.0756. The summed E-state index contributed by atoms with van der Waals surface area (Å²) in [5.41, 5.74) is 5.37. The van der Waals surface area contributed by atoms with Gasteiger partial charge in [0.25, 0.3) is 5.91 Å². The topological polar surface area (TPSA) is 34.9 Å². The van der Waals surface area contributed by atoms with Gasteiger partial charge in [-0.3, -0.25) is 4.79 Å². The average Bonchev–Trinajstić information content (AvgIpc) is 3.00. The lowest BCUT2D eigenvalue weighted by Crippen LogP contribution is -2.32. The number of hydrogen-bond acceptors (Lipinski definition) is 2. The fourth-order valence-electron chi connectivity index (χ4n) is 5.75. The highest BCUT2D eigenvalue weighted by Crippen LogP contribution is 2.70. The van der Waals surface area contributed by atoms with E-state index in [1.165, 1.54) is 16.8 Å². The van der Waals surface area contributed by atoms with Crippen LogP contribution in [0.2, 0.25) is 0 Å². The Kier molecular flexibility index (Phi) is 3.72. The van der Waals surface area contributed by atoms with E-state index in [2.05, 4.69) is 63.3 Å². The molecule has 1 fully saturated rings. The first-order valence-electron chi connectivity index (χ1n) is 10.3. The third-order valence-electron chi connectivity index (χ3n) is 7.41. The fourth-order valence-corrected chi connectivity index (χ4v) is 5.75. The van der Waals surface area contributed by atoms with Crippen LogP contribution in [0.15, 0.2) is 42.5 Å². The van der Waals surface area contributed by atoms with Crippen LogP contribution < -0.4 is 0 Å². The Morgan fingerprint density at radius 3 is 2.70 bits per heavy atom. The summed E-state index contributed by atoms with van der Waals surface area (Å²) in [5.74, 6) is 1.92. The minimum atomic E-state index is 0.0311. The van der Waals surface area contributed by atoms with Gasteiger partial charge in [0.05, 0.1) is 11.4 Å². The molecule has 0 aliphatic heterocycles. The first-order valence-corrected chi connectivity index (χ1v) is 10.3. The number of rotatable bonds is 3. The third kappa shape index (κ3) is 2.55. The first-order chi connectivity index (χ1) is 13.0. The molecular weight excluding hydrogens is 332 g/mol. The molecule has 3 aliphatic carbocycles. The zero-order valence-electron chi connectivity index (χ0n) is 16.5. The van der Waals surface area contributed by atoms with Crippen molar-refractivity contribution in [2.75, 3.05) is 0 Å². The molecule has 0 spiro atoms. The van der Waals surface area contributed by atoms with E-state index >= 15 is 0 Å². The maximum Gasteiger partial charge on any atom is 0.250 e. The van der Waals surface area contributed by atoms with Gasteiger partial charge >= 0.3 is 0 Å². The number of benzene rings is 1. The fraction of sp³-hybridized carbons (Fsp3) is 0.500. The Bertz CT molecular complexity index is 921. The van der Waals surface area contributed by atoms with Crippen LogP contribution in [0.3, 0.4) is 0 Å². The van der Waals surface area contributed by atoms with Crippen molar-refractivity contribution in [3.63, 3.8) is 0 Å². The number of fused-ring (bicyclic) bond motifs is 3. The Morgan fingerprint density at radius 2 is 1.93 bits per heavy atom. The summed E-state index contributed by atoms with van der Waals surface area (Å²) in [6.45, 7) is 6.79. The summed E-state index contributed by atoms with van der Waals surface area (Å²) < 4.78 is 1.80. The van der Waals surface area contributed by atoms with Gasteiger partial charge in [0.1, 0.15) is 0 Å². The van der Waals surface area contributed by atoms with Gasteiger partial charge in [-0.2, -0.15) is 5.10 Å². The minimum absolute atomic E-state index is 0.0311. The third-order valence-corrected chi connectivity index (χ3v) is 7.41. The molecule has 4 atom stereocenters. The van der Waals surface area contributed by atoms with Gasteiger partial charge in [0.15, 0.2) is 0 Å². The standard InChI is InChI=1S/C24H28N2O/c1-15-21-20(14-19-22(21)24(19,2)3)26(25-15)23(27)18-12-8-7-11-17(18)13-16-9-5-4-6-10-16/h4-10,17-19,22H,11-14H2,1-3H3/t17-,18+,19+,22-/m1/s1. The van der Waals surface area contributed by atoms with Crippen LogP contribution in [-0.2, 0) is 12.8 Å². The quantitative estimate of drug-likeness (QED) is 0.726. The molecule has 1 saturated carbocycles. The number of allylic oxidation sites excluding steroid dienone is 2. The van der Waals surface area contributed by atoms with Crippen LogP contribution in [0.4, 0.5) is 0 Å². The van der Waals surface area contributed by atoms with E-state index in [4.69, 9.17) is 5.10 Å². The van der Waals surface area contributed by atoms with Crippen molar-refractivity contribution in [2.24, 2.45) is 23.2 Å². The molecule has 27 heavy (non-hydrogen) atoms. The van der Waals surface area contributed by atoms with Crippen molar-refractivity contribution in [2.45, 2.75) is 52.4 Å². The summed E-state index contributed by atoms with van der Waals surface area (Å²) in [7, 11) is 0. The van der Waals surface area contributed by atoms with E-state index in [9.17, 15) is 4.79 Å². The second-order valence-electron chi connectivity index (χ2n) is 9.30. The highest BCUT2D eigenvalue weighted by atomic mass is 16.2. The summed E-state index contributed by atoms with van der Waals surface area (Å²) in [6.07, 6.45) is 8.22. The summed E-state index contributed by atoms with van der Waals surface area (Å²) in [4.78, 5) is 13.5. The number of aromatic nitrogens is 2. The highest BCUT2D eigenvalue weighted by molar-refractivity contribution is 5.83. The molecule has 2 aromatic rings. The van der Waals surface area contributed by atoms with Crippen LogP contribution >= 0.6 is 0 Å². The van der Waals surface area contributed by atoms with Gasteiger partial charge in [-0.25, -0.2) is 4.68 Å². The van der Waals surface area contributed by atoms with Gasteiger partial charge in [0.2, 0.25) is 0 Å². The highest BCUT2D eigenvalue weighted by Gasteiger charge is 2.64. The van der Waals surface area contributed by atoms with E-state index in [0.29, 0.717) is 23.2 Å². The largest absolute Gasteiger partial charge is 0.272 e. The smallest absolute Gasteiger partial charge is 0.250 e. The monoisotopic (exact) mass is 360 g/mol. The molecule has 140 valence electrons. The summed E-state index contributed by atoms with van der Waals surface area (Å²) in [5, 5.41) is 4.73. The maximum absolute atomic E-state index is 13.5. The van der Waals surface area contributed by atoms with Crippen LogP contribution in [0.5, 0.6) is 0 Å². The minimum Gasteiger partial charge on any atom is -0.272 e. The van der Waals surface area contributed by atoms with E-state index in [0.717, 1.165) is 31.4 Å². The van der Waals surface area contributed by atoms with E-state index in [-0.39, 0.29) is 11.8 Å². The number of carbonyl (C=O) groups is 1. The van der Waals surface area contributed by atoms with Gasteiger partial charge in [-0.1, -0.05) is 56.3 Å². The molecular formula is C24H28N2O. The van der Waals surface area contributed by atoms with Gasteiger partial charge in [0, 0.05) is 11.5 Å². The maximum atomic E-state index is 13.5. The zero-order chi connectivity index (χ0) is 18.8. The normalized spacial score (nSPS) is 30.0. The number of carbonyl (C=O) groups excluding carboxylic acids is 1. The van der Waals surface area contributed by atoms with Crippen molar-refractivity contribution in [3.05, 3.63) is 65.0 Å². The molecule has 3 heteroatoms. The SMILES string of the molecule is Cc1nn(C(=O)[C@H]2CC=CC[C@@H]2Cc2ccccc2)c2c1[C@H]1[C@H](C2)C1(C)C. The molecule has 1 aromatic heterocycles. The van der Waals surface area contributed by atoms with Crippen LogP contribution in [0, 0.1) is 30.1 Å². The second kappa shape index (κ2) is 5.92. The Hall–Kier alpha value is -2.16. The Labute approximate surface area is 161 Å². The lowest BCUT2D eigenvalue weighted by atomic mass is 9.78. The Morgan fingerprint density at radius 1 is 1.19 bits per heavy atom. The van der Waals surface area contributed by atoms with E-state index in [1.54, 1.807) is 4.68 Å². The van der Waals surface area contributed by atoms with Gasteiger partial charge in [-0.05, 0) is 61.3 Å². The molecule has 5 rings (SSSR count). The van der Waals surface area contributed by atoms with E-state index < -0.39 is 0 Å². The van der Waals surface area contributed by atoms with Gasteiger partial charge in [-0.15, -0.1) is 0 Å². The van der Waals surface area contributed by atoms with Crippen LogP contribution in [-0.4, -0.2) is 15.7 Å². The molecule has 3 nitrogen and oxygen atoms in total. The first kappa shape index (κ1) is 17.0. The summed E-state index contributed by atoms with van der Waals surface area (Å²) >= 11 is 0. The average molecular weight is 361 g/mol. The zero-order valence-corrected chi connectivity index (χ0v) is 16.5. The van der Waals surface area contributed by atoms with Crippen molar-refractivity contribution >= 4 is 5.91 Å². The number of nitrogens with zero attached hydrogens (tertiary/aromatic N) is 2. The van der Waals surface area contributed by atoms with Crippen molar-refractivity contribution in [3.8, 4) is 0 Å². The van der Waals surface area contributed by atoms with Crippen LogP contribution in [0.25, 0.3) is 0 Å². The second-order valence-corrected chi connectivity index (χ2v) is 9.30. The predicted octanol–water partition coefficient (Wildman–Crippen LogP) is 4.95. The van der Waals surface area contributed by atoms with Gasteiger partial charge < -0.3 is 0 Å². The molecule has 0 amide bonds. The van der Waals surface area contributed by atoms with Crippen LogP contribution in [0.1, 0.15) is 59.9 Å². The molecule has 3 aliphatic rings. The summed E-state index contributed by atoms with van der Waals surface area (Å²) in [6, 6.07) is 10.6. The van der Waals surface area contributed by atoms with E-state index in [1.807, 2.05) is 0 Å². The molecule has 1 heterocycles. The molecule has 1 aromatic carbocycles. The van der Waals surface area contributed by atoms with Crippen molar-refractivity contribution < 1.29 is 4.79 Å². The molecule has 0 bridgehead atoms.